The van der Waals surface area contributed by atoms with Crippen LogP contribution in [0.3, 0.4) is 0 Å². The molecule has 98 valence electrons. The van der Waals surface area contributed by atoms with E-state index in [1.165, 1.54) is 17.8 Å². The van der Waals surface area contributed by atoms with Gasteiger partial charge in [-0.25, -0.2) is 0 Å². The summed E-state index contributed by atoms with van der Waals surface area (Å²) in [6, 6.07) is 12.3. The van der Waals surface area contributed by atoms with Crippen LogP contribution < -0.4 is 0 Å². The van der Waals surface area contributed by atoms with Crippen molar-refractivity contribution in [1.82, 2.24) is 0 Å². The van der Waals surface area contributed by atoms with Crippen molar-refractivity contribution in [2.24, 2.45) is 0 Å². The zero-order valence-electron chi connectivity index (χ0n) is 10.4. The Morgan fingerprint density at radius 1 is 1.21 bits per heavy atom. The SMILES string of the molecule is Cc1ccc(Sc2ccccc2[N+](=O)[O-])c(CO)c1. The van der Waals surface area contributed by atoms with Crippen molar-refractivity contribution in [2.45, 2.75) is 23.3 Å². The molecule has 0 aliphatic heterocycles. The fourth-order valence-electron chi connectivity index (χ4n) is 1.74. The van der Waals surface area contributed by atoms with Crippen LogP contribution in [0.2, 0.25) is 0 Å². The second kappa shape index (κ2) is 5.86. The highest BCUT2D eigenvalue weighted by atomic mass is 32.2. The molecule has 0 saturated heterocycles. The summed E-state index contributed by atoms with van der Waals surface area (Å²) in [6.07, 6.45) is 0. The predicted octanol–water partition coefficient (Wildman–Crippen LogP) is 3.55. The van der Waals surface area contributed by atoms with Gasteiger partial charge in [0, 0.05) is 11.0 Å². The number of rotatable bonds is 4. The van der Waals surface area contributed by atoms with Gasteiger partial charge in [0.15, 0.2) is 0 Å². The maximum atomic E-state index is 11.0. The summed E-state index contributed by atoms with van der Waals surface area (Å²) < 4.78 is 0. The molecular formula is C14H13NO3S. The van der Waals surface area contributed by atoms with Gasteiger partial charge in [-0.3, -0.25) is 10.1 Å². The monoisotopic (exact) mass is 275 g/mol. The Kier molecular flexibility index (Phi) is 4.19. The number of aryl methyl sites for hydroxylation is 1. The Hall–Kier alpha value is -1.85. The Balaban J connectivity index is 2.39. The van der Waals surface area contributed by atoms with Crippen LogP contribution in [-0.4, -0.2) is 10.0 Å². The number of benzene rings is 2. The van der Waals surface area contributed by atoms with Gasteiger partial charge in [-0.05, 0) is 24.6 Å². The molecule has 0 aromatic heterocycles. The van der Waals surface area contributed by atoms with Crippen molar-refractivity contribution >= 4 is 17.4 Å². The van der Waals surface area contributed by atoms with E-state index < -0.39 is 4.92 Å². The molecule has 1 N–H and O–H groups in total. The van der Waals surface area contributed by atoms with Gasteiger partial charge in [-0.15, -0.1) is 0 Å². The quantitative estimate of drug-likeness (QED) is 0.684. The molecule has 0 atom stereocenters. The van der Waals surface area contributed by atoms with Crippen molar-refractivity contribution in [1.29, 1.82) is 0 Å². The first-order chi connectivity index (χ1) is 9.11. The smallest absolute Gasteiger partial charge is 0.283 e. The molecular weight excluding hydrogens is 262 g/mol. The minimum absolute atomic E-state index is 0.0787. The average Bonchev–Trinajstić information content (AvgIpc) is 2.41. The molecule has 0 unspecified atom stereocenters. The highest BCUT2D eigenvalue weighted by Crippen LogP contribution is 2.36. The van der Waals surface area contributed by atoms with Crippen LogP contribution in [0, 0.1) is 17.0 Å². The summed E-state index contributed by atoms with van der Waals surface area (Å²) in [5.41, 5.74) is 1.91. The lowest BCUT2D eigenvalue weighted by Gasteiger charge is -2.08. The van der Waals surface area contributed by atoms with E-state index in [2.05, 4.69) is 0 Å². The third-order valence-corrected chi connectivity index (χ3v) is 3.85. The molecule has 4 nitrogen and oxygen atoms in total. The number of para-hydroxylation sites is 1. The summed E-state index contributed by atoms with van der Waals surface area (Å²) in [5, 5.41) is 20.3. The second-order valence-electron chi connectivity index (χ2n) is 4.10. The van der Waals surface area contributed by atoms with Crippen molar-refractivity contribution in [3.8, 4) is 0 Å². The molecule has 2 aromatic carbocycles. The lowest BCUT2D eigenvalue weighted by Crippen LogP contribution is -1.92. The molecule has 0 aliphatic carbocycles. The minimum Gasteiger partial charge on any atom is -0.392 e. The molecule has 0 spiro atoms. The number of aliphatic hydroxyl groups is 1. The molecule has 0 bridgehead atoms. The molecule has 19 heavy (non-hydrogen) atoms. The molecule has 0 aliphatic rings. The normalized spacial score (nSPS) is 10.4. The van der Waals surface area contributed by atoms with Gasteiger partial charge in [0.2, 0.25) is 0 Å². The average molecular weight is 275 g/mol. The highest BCUT2D eigenvalue weighted by Gasteiger charge is 2.14. The van der Waals surface area contributed by atoms with E-state index in [0.717, 1.165) is 16.0 Å². The summed E-state index contributed by atoms with van der Waals surface area (Å²) in [4.78, 5) is 12.0. The molecule has 0 saturated carbocycles. The van der Waals surface area contributed by atoms with Crippen LogP contribution in [0.4, 0.5) is 5.69 Å². The van der Waals surface area contributed by atoms with E-state index in [-0.39, 0.29) is 12.3 Å². The van der Waals surface area contributed by atoms with Crippen molar-refractivity contribution in [3.05, 3.63) is 63.7 Å². The fraction of sp³-hybridized carbons (Fsp3) is 0.143. The molecule has 0 heterocycles. The van der Waals surface area contributed by atoms with Crippen molar-refractivity contribution in [3.63, 3.8) is 0 Å². The number of nitro benzene ring substituents is 1. The molecule has 5 heteroatoms. The maximum Gasteiger partial charge on any atom is 0.283 e. The van der Waals surface area contributed by atoms with Gasteiger partial charge < -0.3 is 5.11 Å². The third kappa shape index (κ3) is 3.13. The summed E-state index contributed by atoms with van der Waals surface area (Å²) in [7, 11) is 0. The van der Waals surface area contributed by atoms with Crippen LogP contribution in [0.5, 0.6) is 0 Å². The number of nitro groups is 1. The van der Waals surface area contributed by atoms with E-state index in [1.54, 1.807) is 18.2 Å². The topological polar surface area (TPSA) is 63.4 Å². The van der Waals surface area contributed by atoms with Crippen LogP contribution in [-0.2, 0) is 6.61 Å². The van der Waals surface area contributed by atoms with Gasteiger partial charge in [0.1, 0.15) is 0 Å². The number of nitrogens with zero attached hydrogens (tertiary/aromatic N) is 1. The number of hydrogen-bond donors (Lipinski definition) is 1. The predicted molar refractivity (Wildman–Crippen MR) is 74.3 cm³/mol. The standard InChI is InChI=1S/C14H13NO3S/c1-10-6-7-13(11(8-10)9-16)19-14-5-3-2-4-12(14)15(17)18/h2-8,16H,9H2,1H3. The van der Waals surface area contributed by atoms with E-state index in [4.69, 9.17) is 0 Å². The Morgan fingerprint density at radius 2 is 1.95 bits per heavy atom. The third-order valence-electron chi connectivity index (χ3n) is 2.67. The van der Waals surface area contributed by atoms with Crippen molar-refractivity contribution in [2.75, 3.05) is 0 Å². The first-order valence-corrected chi connectivity index (χ1v) is 6.55. The van der Waals surface area contributed by atoms with Gasteiger partial charge in [-0.2, -0.15) is 0 Å². The highest BCUT2D eigenvalue weighted by molar-refractivity contribution is 7.99. The van der Waals surface area contributed by atoms with Crippen LogP contribution >= 0.6 is 11.8 Å². The number of aliphatic hydroxyl groups excluding tert-OH is 1. The summed E-state index contributed by atoms with van der Waals surface area (Å²) in [6.45, 7) is 1.86. The molecule has 0 fully saturated rings. The van der Waals surface area contributed by atoms with Gasteiger partial charge in [0.05, 0.1) is 16.4 Å². The van der Waals surface area contributed by atoms with Crippen LogP contribution in [0.1, 0.15) is 11.1 Å². The summed E-state index contributed by atoms with van der Waals surface area (Å²) >= 11 is 1.30. The largest absolute Gasteiger partial charge is 0.392 e. The maximum absolute atomic E-state index is 11.0. The number of hydrogen-bond acceptors (Lipinski definition) is 4. The first kappa shape index (κ1) is 13.6. The summed E-state index contributed by atoms with van der Waals surface area (Å²) in [5.74, 6) is 0. The Labute approximate surface area is 115 Å². The minimum atomic E-state index is -0.394. The molecule has 0 amide bonds. The Bertz CT molecular complexity index is 613. The Morgan fingerprint density at radius 3 is 2.63 bits per heavy atom. The second-order valence-corrected chi connectivity index (χ2v) is 5.18. The fourth-order valence-corrected chi connectivity index (χ4v) is 2.77. The van der Waals surface area contributed by atoms with Crippen molar-refractivity contribution < 1.29 is 10.0 Å². The van der Waals surface area contributed by atoms with Gasteiger partial charge >= 0.3 is 0 Å². The van der Waals surface area contributed by atoms with Crippen LogP contribution in [0.15, 0.2) is 52.3 Å². The van der Waals surface area contributed by atoms with Gasteiger partial charge in [0.25, 0.3) is 5.69 Å². The van der Waals surface area contributed by atoms with Gasteiger partial charge in [-0.1, -0.05) is 41.6 Å². The van der Waals surface area contributed by atoms with Crippen LogP contribution in [0.25, 0.3) is 0 Å². The van der Waals surface area contributed by atoms with E-state index in [9.17, 15) is 15.2 Å². The lowest BCUT2D eigenvalue weighted by atomic mass is 10.1. The van der Waals surface area contributed by atoms with E-state index >= 15 is 0 Å². The zero-order valence-corrected chi connectivity index (χ0v) is 11.2. The first-order valence-electron chi connectivity index (χ1n) is 5.73. The van der Waals surface area contributed by atoms with E-state index in [1.807, 2.05) is 25.1 Å². The molecule has 2 aromatic rings. The molecule has 2 rings (SSSR count). The molecule has 0 radical (unpaired) electrons. The lowest BCUT2D eigenvalue weighted by molar-refractivity contribution is -0.387. The van der Waals surface area contributed by atoms with E-state index in [0.29, 0.717) is 4.90 Å². The zero-order chi connectivity index (χ0) is 13.8.